The van der Waals surface area contributed by atoms with Crippen LogP contribution in [0, 0.1) is 17.2 Å². The lowest BCUT2D eigenvalue weighted by Gasteiger charge is -2.32. The molecule has 0 aliphatic heterocycles. The van der Waals surface area contributed by atoms with Crippen molar-refractivity contribution in [2.24, 2.45) is 5.92 Å². The summed E-state index contributed by atoms with van der Waals surface area (Å²) in [7, 11) is 2.18. The monoisotopic (exact) mass is 217 g/mol. The Morgan fingerprint density at radius 3 is 2.75 bits per heavy atom. The van der Waals surface area contributed by atoms with Crippen molar-refractivity contribution in [2.75, 3.05) is 7.05 Å². The molecule has 0 amide bonds. The molecule has 86 valence electrons. The molecular weight excluding hydrogens is 198 g/mol. The maximum Gasteiger partial charge on any atom is 0.0655 e. The Balaban J connectivity index is 1.83. The average molecular weight is 217 g/mol. The first kappa shape index (κ1) is 11.2. The summed E-state index contributed by atoms with van der Waals surface area (Å²) in [5.74, 6) is 0.301. The van der Waals surface area contributed by atoms with Gasteiger partial charge < -0.3 is 4.98 Å². The Bertz CT molecular complexity index is 342. The van der Waals surface area contributed by atoms with Crippen molar-refractivity contribution in [3.8, 4) is 6.07 Å². The fraction of sp³-hybridized carbons (Fsp3) is 0.615. The smallest absolute Gasteiger partial charge is 0.0655 e. The Morgan fingerprint density at radius 1 is 1.44 bits per heavy atom. The summed E-state index contributed by atoms with van der Waals surface area (Å²) in [6.07, 6.45) is 6.42. The number of hydrogen-bond acceptors (Lipinski definition) is 2. The second-order valence-electron chi connectivity index (χ2n) is 4.75. The molecule has 0 spiro atoms. The number of rotatable bonds is 3. The zero-order chi connectivity index (χ0) is 11.4. The van der Waals surface area contributed by atoms with Gasteiger partial charge in [0.25, 0.3) is 0 Å². The van der Waals surface area contributed by atoms with Crippen LogP contribution < -0.4 is 0 Å². The van der Waals surface area contributed by atoms with Gasteiger partial charge in [0.05, 0.1) is 6.07 Å². The van der Waals surface area contributed by atoms with Gasteiger partial charge in [-0.1, -0.05) is 0 Å². The van der Waals surface area contributed by atoms with Crippen LogP contribution in [0.3, 0.4) is 0 Å². The van der Waals surface area contributed by atoms with E-state index in [2.05, 4.69) is 29.1 Å². The molecule has 3 nitrogen and oxygen atoms in total. The van der Waals surface area contributed by atoms with E-state index in [0.717, 1.165) is 32.2 Å². The van der Waals surface area contributed by atoms with Crippen molar-refractivity contribution in [3.63, 3.8) is 0 Å². The van der Waals surface area contributed by atoms with Crippen LogP contribution in [0.15, 0.2) is 18.3 Å². The average Bonchev–Trinajstić information content (AvgIpc) is 2.82. The van der Waals surface area contributed by atoms with Gasteiger partial charge in [-0.3, -0.25) is 4.90 Å². The maximum absolute atomic E-state index is 8.85. The number of nitriles is 1. The lowest BCUT2D eigenvalue weighted by Crippen LogP contribution is -2.34. The predicted molar refractivity (Wildman–Crippen MR) is 63.6 cm³/mol. The number of nitrogens with one attached hydrogen (secondary N) is 1. The fourth-order valence-electron chi connectivity index (χ4n) is 2.51. The van der Waals surface area contributed by atoms with Crippen LogP contribution in [0.1, 0.15) is 31.4 Å². The molecule has 2 rings (SSSR count). The minimum absolute atomic E-state index is 0.301. The number of aromatic nitrogens is 1. The van der Waals surface area contributed by atoms with Gasteiger partial charge >= 0.3 is 0 Å². The zero-order valence-corrected chi connectivity index (χ0v) is 9.82. The van der Waals surface area contributed by atoms with Crippen LogP contribution in [0.4, 0.5) is 0 Å². The topological polar surface area (TPSA) is 42.8 Å². The second-order valence-corrected chi connectivity index (χ2v) is 4.75. The quantitative estimate of drug-likeness (QED) is 0.845. The van der Waals surface area contributed by atoms with E-state index < -0.39 is 0 Å². The molecule has 1 heterocycles. The van der Waals surface area contributed by atoms with E-state index >= 15 is 0 Å². The van der Waals surface area contributed by atoms with Gasteiger partial charge in [0, 0.05) is 30.4 Å². The number of H-pyrrole nitrogens is 1. The largest absolute Gasteiger partial charge is 0.364 e. The minimum Gasteiger partial charge on any atom is -0.364 e. The van der Waals surface area contributed by atoms with Crippen LogP contribution >= 0.6 is 0 Å². The van der Waals surface area contributed by atoms with Crippen LogP contribution in [0.5, 0.6) is 0 Å². The van der Waals surface area contributed by atoms with E-state index in [1.165, 1.54) is 5.69 Å². The van der Waals surface area contributed by atoms with E-state index in [4.69, 9.17) is 5.26 Å². The Kier molecular flexibility index (Phi) is 3.63. The molecule has 1 N–H and O–H groups in total. The first-order valence-electron chi connectivity index (χ1n) is 6.01. The molecule has 1 fully saturated rings. The minimum atomic E-state index is 0.301. The number of nitrogens with zero attached hydrogens (tertiary/aromatic N) is 2. The molecule has 0 unspecified atom stereocenters. The summed E-state index contributed by atoms with van der Waals surface area (Å²) in [5, 5.41) is 8.85. The zero-order valence-electron chi connectivity index (χ0n) is 9.82. The van der Waals surface area contributed by atoms with Gasteiger partial charge in [-0.05, 0) is 44.9 Å². The standard InChI is InChI=1S/C13H19N3/c1-16(10-12-3-2-8-15-12)13-6-4-11(9-14)5-7-13/h2-3,8,11,13,15H,4-7,10H2,1H3. The van der Waals surface area contributed by atoms with Crippen molar-refractivity contribution >= 4 is 0 Å². The van der Waals surface area contributed by atoms with E-state index in [9.17, 15) is 0 Å². The van der Waals surface area contributed by atoms with Crippen molar-refractivity contribution in [3.05, 3.63) is 24.0 Å². The highest BCUT2D eigenvalue weighted by Crippen LogP contribution is 2.26. The third kappa shape index (κ3) is 2.65. The molecule has 0 aromatic carbocycles. The molecule has 0 radical (unpaired) electrons. The van der Waals surface area contributed by atoms with Crippen molar-refractivity contribution in [1.82, 2.24) is 9.88 Å². The van der Waals surface area contributed by atoms with Crippen LogP contribution in [-0.2, 0) is 6.54 Å². The number of aromatic amines is 1. The molecule has 1 aliphatic rings. The normalized spacial score (nSPS) is 25.6. The van der Waals surface area contributed by atoms with E-state index in [0.29, 0.717) is 12.0 Å². The van der Waals surface area contributed by atoms with Gasteiger partial charge in [-0.2, -0.15) is 5.26 Å². The Morgan fingerprint density at radius 2 is 2.19 bits per heavy atom. The summed E-state index contributed by atoms with van der Waals surface area (Å²) in [6.45, 7) is 0.981. The summed E-state index contributed by atoms with van der Waals surface area (Å²) in [5.41, 5.74) is 1.27. The van der Waals surface area contributed by atoms with Crippen LogP contribution in [-0.4, -0.2) is 23.0 Å². The Hall–Kier alpha value is -1.27. The highest BCUT2D eigenvalue weighted by atomic mass is 15.1. The summed E-state index contributed by atoms with van der Waals surface area (Å²) < 4.78 is 0. The summed E-state index contributed by atoms with van der Waals surface area (Å²) >= 11 is 0. The molecule has 1 saturated carbocycles. The summed E-state index contributed by atoms with van der Waals surface area (Å²) in [4.78, 5) is 5.64. The van der Waals surface area contributed by atoms with E-state index in [1.54, 1.807) is 0 Å². The van der Waals surface area contributed by atoms with Crippen molar-refractivity contribution in [2.45, 2.75) is 38.3 Å². The summed E-state index contributed by atoms with van der Waals surface area (Å²) in [6, 6.07) is 7.19. The molecule has 0 saturated heterocycles. The Labute approximate surface area is 97.1 Å². The van der Waals surface area contributed by atoms with Crippen LogP contribution in [0.2, 0.25) is 0 Å². The molecule has 1 aromatic rings. The van der Waals surface area contributed by atoms with Gasteiger partial charge in [0.2, 0.25) is 0 Å². The predicted octanol–water partition coefficient (Wildman–Crippen LogP) is 2.53. The van der Waals surface area contributed by atoms with Crippen molar-refractivity contribution < 1.29 is 0 Å². The number of hydrogen-bond donors (Lipinski definition) is 1. The molecule has 0 atom stereocenters. The van der Waals surface area contributed by atoms with Gasteiger partial charge in [0.1, 0.15) is 0 Å². The van der Waals surface area contributed by atoms with Crippen LogP contribution in [0.25, 0.3) is 0 Å². The van der Waals surface area contributed by atoms with E-state index in [1.807, 2.05) is 12.3 Å². The lowest BCUT2D eigenvalue weighted by atomic mass is 9.86. The fourth-order valence-corrected chi connectivity index (χ4v) is 2.51. The van der Waals surface area contributed by atoms with E-state index in [-0.39, 0.29) is 0 Å². The molecule has 0 bridgehead atoms. The second kappa shape index (κ2) is 5.18. The highest BCUT2D eigenvalue weighted by Gasteiger charge is 2.23. The van der Waals surface area contributed by atoms with Gasteiger partial charge in [0.15, 0.2) is 0 Å². The molecule has 16 heavy (non-hydrogen) atoms. The SMILES string of the molecule is CN(Cc1ccc[nH]1)C1CCC(C#N)CC1. The molecular formula is C13H19N3. The first-order valence-corrected chi connectivity index (χ1v) is 6.01. The molecule has 1 aliphatic carbocycles. The van der Waals surface area contributed by atoms with Gasteiger partial charge in [-0.25, -0.2) is 0 Å². The van der Waals surface area contributed by atoms with Crippen molar-refractivity contribution in [1.29, 1.82) is 5.26 Å². The third-order valence-corrected chi connectivity index (χ3v) is 3.58. The highest BCUT2D eigenvalue weighted by molar-refractivity contribution is 5.03. The maximum atomic E-state index is 8.85. The third-order valence-electron chi connectivity index (χ3n) is 3.58. The van der Waals surface area contributed by atoms with Gasteiger partial charge in [-0.15, -0.1) is 0 Å². The first-order chi connectivity index (χ1) is 7.79. The molecule has 1 aromatic heterocycles. The lowest BCUT2D eigenvalue weighted by molar-refractivity contribution is 0.170. The molecule has 3 heteroatoms.